The van der Waals surface area contributed by atoms with Crippen LogP contribution >= 0.6 is 23.2 Å². The van der Waals surface area contributed by atoms with Crippen LogP contribution in [0.25, 0.3) is 10.9 Å². The van der Waals surface area contributed by atoms with E-state index in [1.165, 1.54) is 12.8 Å². The predicted molar refractivity (Wildman–Crippen MR) is 95.5 cm³/mol. The zero-order valence-electron chi connectivity index (χ0n) is 13.2. The number of amides is 1. The molecule has 2 aromatic rings. The second-order valence-corrected chi connectivity index (χ2v) is 6.93. The van der Waals surface area contributed by atoms with E-state index in [1.54, 1.807) is 12.1 Å². The molecule has 1 saturated heterocycles. The molecular formula is C17H21Cl2N3O. The van der Waals surface area contributed by atoms with Crippen LogP contribution in [-0.2, 0) is 0 Å². The SMILES string of the molecule is CCN(CC1CCCNC1)C(=O)c1cc2c(Cl)cc(Cl)cc2[nH]1. The summed E-state index contributed by atoms with van der Waals surface area (Å²) in [4.78, 5) is 17.9. The number of piperidine rings is 1. The Balaban J connectivity index is 1.81. The van der Waals surface area contributed by atoms with Crippen LogP contribution in [-0.4, -0.2) is 42.0 Å². The highest BCUT2D eigenvalue weighted by Crippen LogP contribution is 2.29. The number of carbonyl (C=O) groups is 1. The molecule has 0 radical (unpaired) electrons. The highest BCUT2D eigenvalue weighted by Gasteiger charge is 2.22. The number of carbonyl (C=O) groups excluding carboxylic acids is 1. The molecule has 0 aliphatic carbocycles. The van der Waals surface area contributed by atoms with E-state index in [0.29, 0.717) is 28.2 Å². The summed E-state index contributed by atoms with van der Waals surface area (Å²) < 4.78 is 0. The number of nitrogens with zero attached hydrogens (tertiary/aromatic N) is 1. The van der Waals surface area contributed by atoms with Crippen LogP contribution in [0.5, 0.6) is 0 Å². The van der Waals surface area contributed by atoms with Gasteiger partial charge in [-0.05, 0) is 57.0 Å². The van der Waals surface area contributed by atoms with Gasteiger partial charge in [0.25, 0.3) is 5.91 Å². The molecule has 1 atom stereocenters. The largest absolute Gasteiger partial charge is 0.350 e. The fourth-order valence-electron chi connectivity index (χ4n) is 3.19. The van der Waals surface area contributed by atoms with E-state index in [-0.39, 0.29) is 5.91 Å². The summed E-state index contributed by atoms with van der Waals surface area (Å²) >= 11 is 12.2. The van der Waals surface area contributed by atoms with Gasteiger partial charge in [0, 0.05) is 29.0 Å². The monoisotopic (exact) mass is 353 g/mol. The number of fused-ring (bicyclic) bond motifs is 1. The van der Waals surface area contributed by atoms with Gasteiger partial charge >= 0.3 is 0 Å². The second kappa shape index (κ2) is 7.12. The predicted octanol–water partition coefficient (Wildman–Crippen LogP) is 3.94. The first-order chi connectivity index (χ1) is 11.1. The summed E-state index contributed by atoms with van der Waals surface area (Å²) in [7, 11) is 0. The summed E-state index contributed by atoms with van der Waals surface area (Å²) in [5, 5.41) is 5.35. The van der Waals surface area contributed by atoms with E-state index in [1.807, 2.05) is 17.9 Å². The standard InChI is InChI=1S/C17H21Cl2N3O/c1-2-22(10-11-4-3-5-20-9-11)17(23)16-8-13-14(19)6-12(18)7-15(13)21-16/h6-8,11,20-21H,2-5,9-10H2,1H3. The maximum Gasteiger partial charge on any atom is 0.270 e. The topological polar surface area (TPSA) is 48.1 Å². The van der Waals surface area contributed by atoms with Crippen LogP contribution in [0.15, 0.2) is 18.2 Å². The van der Waals surface area contributed by atoms with Gasteiger partial charge in [-0.25, -0.2) is 0 Å². The van der Waals surface area contributed by atoms with Crippen molar-refractivity contribution >= 4 is 40.0 Å². The minimum Gasteiger partial charge on any atom is -0.350 e. The molecule has 1 amide bonds. The van der Waals surface area contributed by atoms with Gasteiger partial charge in [-0.1, -0.05) is 23.2 Å². The smallest absolute Gasteiger partial charge is 0.270 e. The molecule has 0 bridgehead atoms. The van der Waals surface area contributed by atoms with Crippen LogP contribution in [0, 0.1) is 5.92 Å². The van der Waals surface area contributed by atoms with Gasteiger partial charge in [-0.3, -0.25) is 4.79 Å². The van der Waals surface area contributed by atoms with Gasteiger partial charge < -0.3 is 15.2 Å². The molecule has 0 saturated carbocycles. The minimum absolute atomic E-state index is 0.0152. The van der Waals surface area contributed by atoms with Crippen molar-refractivity contribution in [2.24, 2.45) is 5.92 Å². The molecule has 1 fully saturated rings. The molecule has 1 aromatic carbocycles. The zero-order chi connectivity index (χ0) is 16.4. The first kappa shape index (κ1) is 16.6. The van der Waals surface area contributed by atoms with Crippen LogP contribution in [0.3, 0.4) is 0 Å². The summed E-state index contributed by atoms with van der Waals surface area (Å²) in [5.41, 5.74) is 1.36. The lowest BCUT2D eigenvalue weighted by Crippen LogP contribution is -2.41. The number of hydrogen-bond donors (Lipinski definition) is 2. The Bertz CT molecular complexity index is 707. The molecule has 1 aliphatic rings. The Morgan fingerprint density at radius 3 is 2.87 bits per heavy atom. The first-order valence-corrected chi connectivity index (χ1v) is 8.82. The molecule has 4 nitrogen and oxygen atoms in total. The lowest BCUT2D eigenvalue weighted by molar-refractivity contribution is 0.0724. The molecule has 1 aliphatic heterocycles. The van der Waals surface area contributed by atoms with Crippen LogP contribution in [0.4, 0.5) is 0 Å². The summed E-state index contributed by atoms with van der Waals surface area (Å²) in [6, 6.07) is 5.30. The van der Waals surface area contributed by atoms with E-state index < -0.39 is 0 Å². The first-order valence-electron chi connectivity index (χ1n) is 8.06. The van der Waals surface area contributed by atoms with Crippen molar-refractivity contribution in [3.05, 3.63) is 33.9 Å². The van der Waals surface area contributed by atoms with E-state index in [4.69, 9.17) is 23.2 Å². The molecule has 2 N–H and O–H groups in total. The number of nitrogens with one attached hydrogen (secondary N) is 2. The van der Waals surface area contributed by atoms with Gasteiger partial charge in [-0.2, -0.15) is 0 Å². The van der Waals surface area contributed by atoms with Crippen LogP contribution < -0.4 is 5.32 Å². The average molecular weight is 354 g/mol. The van der Waals surface area contributed by atoms with Crippen molar-refractivity contribution in [3.8, 4) is 0 Å². The third kappa shape index (κ3) is 3.65. The van der Waals surface area contributed by atoms with Crippen molar-refractivity contribution in [2.45, 2.75) is 19.8 Å². The second-order valence-electron chi connectivity index (χ2n) is 6.09. The van der Waals surface area contributed by atoms with Gasteiger partial charge in [0.05, 0.1) is 5.02 Å². The summed E-state index contributed by atoms with van der Waals surface area (Å²) in [6.07, 6.45) is 2.35. The Hall–Kier alpha value is -1.23. The van der Waals surface area contributed by atoms with Crippen molar-refractivity contribution in [1.29, 1.82) is 0 Å². The van der Waals surface area contributed by atoms with Crippen LogP contribution in [0.2, 0.25) is 10.0 Å². The Labute approximate surface area is 146 Å². The third-order valence-electron chi connectivity index (χ3n) is 4.43. The van der Waals surface area contributed by atoms with Gasteiger partial charge in [0.2, 0.25) is 0 Å². The lowest BCUT2D eigenvalue weighted by atomic mass is 9.99. The normalized spacial score (nSPS) is 18.3. The Morgan fingerprint density at radius 2 is 2.17 bits per heavy atom. The molecule has 3 rings (SSSR count). The fourth-order valence-corrected chi connectivity index (χ4v) is 3.74. The van der Waals surface area contributed by atoms with Crippen molar-refractivity contribution in [1.82, 2.24) is 15.2 Å². The minimum atomic E-state index is 0.0152. The third-order valence-corrected chi connectivity index (χ3v) is 4.96. The Morgan fingerprint density at radius 1 is 1.35 bits per heavy atom. The average Bonchev–Trinajstić information content (AvgIpc) is 2.97. The number of benzene rings is 1. The lowest BCUT2D eigenvalue weighted by Gasteiger charge is -2.29. The van der Waals surface area contributed by atoms with E-state index in [0.717, 1.165) is 30.5 Å². The van der Waals surface area contributed by atoms with E-state index in [9.17, 15) is 4.79 Å². The highest BCUT2D eigenvalue weighted by atomic mass is 35.5. The fraction of sp³-hybridized carbons (Fsp3) is 0.471. The number of aromatic amines is 1. The van der Waals surface area contributed by atoms with E-state index >= 15 is 0 Å². The van der Waals surface area contributed by atoms with Crippen LogP contribution in [0.1, 0.15) is 30.3 Å². The number of halogens is 2. The maximum atomic E-state index is 12.8. The molecule has 1 unspecified atom stereocenters. The molecule has 124 valence electrons. The number of H-pyrrole nitrogens is 1. The van der Waals surface area contributed by atoms with Gasteiger partial charge in [-0.15, -0.1) is 0 Å². The number of rotatable bonds is 4. The maximum absolute atomic E-state index is 12.8. The van der Waals surface area contributed by atoms with Gasteiger partial charge in [0.15, 0.2) is 0 Å². The highest BCUT2D eigenvalue weighted by molar-refractivity contribution is 6.38. The van der Waals surface area contributed by atoms with Crippen molar-refractivity contribution in [3.63, 3.8) is 0 Å². The quantitative estimate of drug-likeness (QED) is 0.874. The molecule has 23 heavy (non-hydrogen) atoms. The van der Waals surface area contributed by atoms with Crippen molar-refractivity contribution < 1.29 is 4.79 Å². The molecule has 6 heteroatoms. The number of aromatic nitrogens is 1. The Kier molecular flexibility index (Phi) is 5.14. The van der Waals surface area contributed by atoms with Crippen molar-refractivity contribution in [2.75, 3.05) is 26.2 Å². The zero-order valence-corrected chi connectivity index (χ0v) is 14.7. The molecule has 1 aromatic heterocycles. The molecular weight excluding hydrogens is 333 g/mol. The molecule has 2 heterocycles. The number of hydrogen-bond acceptors (Lipinski definition) is 2. The van der Waals surface area contributed by atoms with E-state index in [2.05, 4.69) is 10.3 Å². The summed E-state index contributed by atoms with van der Waals surface area (Å²) in [6.45, 7) is 5.56. The molecule has 0 spiro atoms. The van der Waals surface area contributed by atoms with Gasteiger partial charge in [0.1, 0.15) is 5.69 Å². The summed E-state index contributed by atoms with van der Waals surface area (Å²) in [5.74, 6) is 0.538.